The Kier molecular flexibility index (Phi) is 4.59. The van der Waals surface area contributed by atoms with Crippen LogP contribution in [0.5, 0.6) is 0 Å². The first kappa shape index (κ1) is 15.7. The molecule has 1 fully saturated rings. The van der Waals surface area contributed by atoms with E-state index >= 15 is 0 Å². The molecule has 1 aromatic rings. The van der Waals surface area contributed by atoms with E-state index in [2.05, 4.69) is 5.32 Å². The van der Waals surface area contributed by atoms with Crippen molar-refractivity contribution in [1.82, 2.24) is 9.80 Å². The number of amides is 3. The van der Waals surface area contributed by atoms with Gasteiger partial charge in [-0.15, -0.1) is 0 Å². The van der Waals surface area contributed by atoms with Crippen molar-refractivity contribution in [2.24, 2.45) is 0 Å². The Morgan fingerprint density at radius 2 is 2.14 bits per heavy atom. The number of likely N-dealkylation sites (N-methyl/N-ethyl adjacent to an activating group) is 1. The number of nitrogens with zero attached hydrogens (tertiary/aromatic N) is 3. The number of anilines is 1. The van der Waals surface area contributed by atoms with Gasteiger partial charge in [-0.2, -0.15) is 0 Å². The minimum Gasteiger partial charge on any atom is -0.347 e. The molecule has 1 heterocycles. The van der Waals surface area contributed by atoms with Crippen LogP contribution in [0.2, 0.25) is 0 Å². The van der Waals surface area contributed by atoms with E-state index in [-0.39, 0.29) is 11.6 Å². The molecule has 1 atom stereocenters. The lowest BCUT2D eigenvalue weighted by molar-refractivity contribution is -0.384. The van der Waals surface area contributed by atoms with E-state index in [1.54, 1.807) is 20.2 Å². The van der Waals surface area contributed by atoms with Gasteiger partial charge in [0.15, 0.2) is 0 Å². The van der Waals surface area contributed by atoms with Gasteiger partial charge in [0.05, 0.1) is 4.92 Å². The van der Waals surface area contributed by atoms with Gasteiger partial charge in [0.1, 0.15) is 6.04 Å². The van der Waals surface area contributed by atoms with Crippen molar-refractivity contribution >= 4 is 23.3 Å². The SMILES string of the molecule is CN(C)C(=O)[C@H]1CCCN1C(=O)Nc1cccc([N+](=O)[O-])c1. The van der Waals surface area contributed by atoms with Gasteiger partial charge in [-0.3, -0.25) is 14.9 Å². The smallest absolute Gasteiger partial charge is 0.322 e. The van der Waals surface area contributed by atoms with E-state index < -0.39 is 17.0 Å². The van der Waals surface area contributed by atoms with Gasteiger partial charge in [-0.05, 0) is 18.9 Å². The fourth-order valence-electron chi connectivity index (χ4n) is 2.46. The summed E-state index contributed by atoms with van der Waals surface area (Å²) in [7, 11) is 3.30. The number of carbonyl (C=O) groups is 2. The van der Waals surface area contributed by atoms with Crippen LogP contribution in [-0.4, -0.2) is 53.3 Å². The molecule has 0 saturated carbocycles. The van der Waals surface area contributed by atoms with Crippen molar-refractivity contribution < 1.29 is 14.5 Å². The summed E-state index contributed by atoms with van der Waals surface area (Å²) in [4.78, 5) is 37.5. The molecule has 0 radical (unpaired) electrons. The van der Waals surface area contributed by atoms with Crippen molar-refractivity contribution in [2.75, 3.05) is 26.0 Å². The first-order valence-corrected chi connectivity index (χ1v) is 6.93. The molecule has 0 spiro atoms. The van der Waals surface area contributed by atoms with Gasteiger partial charge < -0.3 is 15.1 Å². The normalized spacial score (nSPS) is 17.2. The number of likely N-dealkylation sites (tertiary alicyclic amines) is 1. The molecule has 1 aliphatic heterocycles. The second kappa shape index (κ2) is 6.42. The molecule has 8 nitrogen and oxygen atoms in total. The van der Waals surface area contributed by atoms with Crippen LogP contribution in [0.15, 0.2) is 24.3 Å². The summed E-state index contributed by atoms with van der Waals surface area (Å²) in [6.45, 7) is 0.491. The maximum absolute atomic E-state index is 12.3. The van der Waals surface area contributed by atoms with Crippen molar-refractivity contribution in [3.05, 3.63) is 34.4 Å². The number of rotatable bonds is 3. The van der Waals surface area contributed by atoms with Crippen molar-refractivity contribution in [2.45, 2.75) is 18.9 Å². The molecule has 1 aromatic carbocycles. The highest BCUT2D eigenvalue weighted by molar-refractivity contribution is 5.94. The molecule has 22 heavy (non-hydrogen) atoms. The number of nitro groups is 1. The highest BCUT2D eigenvalue weighted by Gasteiger charge is 2.35. The highest BCUT2D eigenvalue weighted by atomic mass is 16.6. The first-order chi connectivity index (χ1) is 10.4. The molecular formula is C14H18N4O4. The Bertz CT molecular complexity index is 602. The molecule has 1 saturated heterocycles. The Hall–Kier alpha value is -2.64. The molecule has 0 bridgehead atoms. The van der Waals surface area contributed by atoms with E-state index in [0.717, 1.165) is 6.42 Å². The summed E-state index contributed by atoms with van der Waals surface area (Å²) >= 11 is 0. The largest absolute Gasteiger partial charge is 0.347 e. The van der Waals surface area contributed by atoms with Gasteiger partial charge >= 0.3 is 6.03 Å². The number of urea groups is 1. The number of nitrogens with one attached hydrogen (secondary N) is 1. The monoisotopic (exact) mass is 306 g/mol. The minimum absolute atomic E-state index is 0.0971. The van der Waals surface area contributed by atoms with Crippen LogP contribution in [0.25, 0.3) is 0 Å². The summed E-state index contributed by atoms with van der Waals surface area (Å²) in [5.41, 5.74) is 0.238. The van der Waals surface area contributed by atoms with Gasteiger partial charge in [0.2, 0.25) is 5.91 Å². The van der Waals surface area contributed by atoms with Crippen LogP contribution in [0.3, 0.4) is 0 Å². The average molecular weight is 306 g/mol. The predicted molar refractivity (Wildman–Crippen MR) is 80.5 cm³/mol. The minimum atomic E-state index is -0.524. The zero-order valence-corrected chi connectivity index (χ0v) is 12.5. The summed E-state index contributed by atoms with van der Waals surface area (Å²) in [5, 5.41) is 13.4. The molecule has 0 aliphatic carbocycles. The molecular weight excluding hydrogens is 288 g/mol. The lowest BCUT2D eigenvalue weighted by atomic mass is 10.2. The number of hydrogen-bond acceptors (Lipinski definition) is 4. The van der Waals surface area contributed by atoms with Gasteiger partial charge in [0, 0.05) is 38.5 Å². The maximum Gasteiger partial charge on any atom is 0.322 e. The number of hydrogen-bond donors (Lipinski definition) is 1. The molecule has 1 aliphatic rings. The van der Waals surface area contributed by atoms with Crippen molar-refractivity contribution in [3.8, 4) is 0 Å². The number of non-ortho nitro benzene ring substituents is 1. The van der Waals surface area contributed by atoms with Crippen LogP contribution < -0.4 is 5.32 Å². The molecule has 8 heteroatoms. The zero-order valence-electron chi connectivity index (χ0n) is 12.5. The van der Waals surface area contributed by atoms with Gasteiger partial charge in [-0.25, -0.2) is 4.79 Å². The van der Waals surface area contributed by atoms with E-state index in [1.165, 1.54) is 28.0 Å². The second-order valence-corrected chi connectivity index (χ2v) is 5.32. The summed E-state index contributed by atoms with van der Waals surface area (Å²) in [6, 6.07) is 4.82. The third-order valence-corrected chi connectivity index (χ3v) is 3.55. The summed E-state index contributed by atoms with van der Waals surface area (Å²) < 4.78 is 0. The van der Waals surface area contributed by atoms with Crippen LogP contribution in [0.4, 0.5) is 16.2 Å². The van der Waals surface area contributed by atoms with Gasteiger partial charge in [0.25, 0.3) is 5.69 Å². The van der Waals surface area contributed by atoms with Crippen LogP contribution >= 0.6 is 0 Å². The van der Waals surface area contributed by atoms with E-state index in [0.29, 0.717) is 18.7 Å². The Morgan fingerprint density at radius 3 is 2.77 bits per heavy atom. The van der Waals surface area contributed by atoms with E-state index in [9.17, 15) is 19.7 Å². The van der Waals surface area contributed by atoms with E-state index in [1.807, 2.05) is 0 Å². The number of carbonyl (C=O) groups excluding carboxylic acids is 2. The molecule has 118 valence electrons. The predicted octanol–water partition coefficient (Wildman–Crippen LogP) is 1.68. The third-order valence-electron chi connectivity index (χ3n) is 3.55. The zero-order chi connectivity index (χ0) is 16.3. The number of benzene rings is 1. The Labute approximate surface area is 127 Å². The third kappa shape index (κ3) is 3.33. The van der Waals surface area contributed by atoms with Crippen LogP contribution in [0.1, 0.15) is 12.8 Å². The van der Waals surface area contributed by atoms with Crippen molar-refractivity contribution in [3.63, 3.8) is 0 Å². The van der Waals surface area contributed by atoms with Gasteiger partial charge in [-0.1, -0.05) is 6.07 Å². The van der Waals surface area contributed by atoms with Crippen molar-refractivity contribution in [1.29, 1.82) is 0 Å². The molecule has 3 amide bonds. The summed E-state index contributed by atoms with van der Waals surface area (Å²) in [6.07, 6.45) is 1.38. The fourth-order valence-corrected chi connectivity index (χ4v) is 2.46. The number of nitro benzene ring substituents is 1. The Morgan fingerprint density at radius 1 is 1.41 bits per heavy atom. The highest BCUT2D eigenvalue weighted by Crippen LogP contribution is 2.22. The standard InChI is InChI=1S/C14H18N4O4/c1-16(2)13(19)12-7-4-8-17(12)14(20)15-10-5-3-6-11(9-10)18(21)22/h3,5-6,9,12H,4,7-8H2,1-2H3,(H,15,20)/t12-/m1/s1. The average Bonchev–Trinajstić information content (AvgIpc) is 2.95. The molecule has 0 unspecified atom stereocenters. The maximum atomic E-state index is 12.3. The molecule has 2 rings (SSSR count). The van der Waals surface area contributed by atoms with Crippen LogP contribution in [-0.2, 0) is 4.79 Å². The molecule has 0 aromatic heterocycles. The van der Waals surface area contributed by atoms with E-state index in [4.69, 9.17) is 0 Å². The first-order valence-electron chi connectivity index (χ1n) is 6.93. The fraction of sp³-hybridized carbons (Fsp3) is 0.429. The Balaban J connectivity index is 2.10. The topological polar surface area (TPSA) is 95.8 Å². The second-order valence-electron chi connectivity index (χ2n) is 5.32. The van der Waals surface area contributed by atoms with Crippen LogP contribution in [0, 0.1) is 10.1 Å². The molecule has 1 N–H and O–H groups in total. The lowest BCUT2D eigenvalue weighted by Gasteiger charge is -2.26. The lowest BCUT2D eigenvalue weighted by Crippen LogP contribution is -2.47. The quantitative estimate of drug-likeness (QED) is 0.678. The summed E-state index contributed by atoms with van der Waals surface area (Å²) in [5.74, 6) is -0.119.